The highest BCUT2D eigenvalue weighted by atomic mass is 16.5. The van der Waals surface area contributed by atoms with Crippen molar-refractivity contribution >= 4 is 5.78 Å². The van der Waals surface area contributed by atoms with Crippen LogP contribution in [0.5, 0.6) is 0 Å². The van der Waals surface area contributed by atoms with Gasteiger partial charge in [0.1, 0.15) is 0 Å². The quantitative estimate of drug-likeness (QED) is 0.795. The van der Waals surface area contributed by atoms with Gasteiger partial charge in [-0.25, -0.2) is 0 Å². The second kappa shape index (κ2) is 5.41. The van der Waals surface area contributed by atoms with Crippen LogP contribution < -0.4 is 0 Å². The zero-order chi connectivity index (χ0) is 17.3. The third kappa shape index (κ3) is 2.07. The number of carbonyl (C=O) groups is 1. The van der Waals surface area contributed by atoms with Crippen molar-refractivity contribution in [3.05, 3.63) is 11.6 Å². The number of rotatable bonds is 1. The number of hydrogen-bond acceptors (Lipinski definition) is 3. The van der Waals surface area contributed by atoms with Gasteiger partial charge in [-0.2, -0.15) is 0 Å². The third-order valence-electron chi connectivity index (χ3n) is 8.40. The minimum Gasteiger partial charge on any atom is -0.393 e. The Kier molecular flexibility index (Phi) is 3.78. The average Bonchev–Trinajstić information content (AvgIpc) is 2.84. The van der Waals surface area contributed by atoms with Crippen LogP contribution in [0, 0.1) is 34.5 Å². The fourth-order valence-corrected chi connectivity index (χ4v) is 7.37. The molecule has 0 bridgehead atoms. The first-order valence-electron chi connectivity index (χ1n) is 9.77. The first-order chi connectivity index (χ1) is 11.3. The molecule has 1 N–H and O–H groups in total. The van der Waals surface area contributed by atoms with Gasteiger partial charge in [-0.05, 0) is 73.2 Å². The standard InChI is InChI=1S/C21H32O3/c1-12-10-20(2)13(9-16(12)22)5-6-14-15-7-8-18(24-4)21(15,3)11-17(23)19(14)20/h9,12,14-15,17-19,23H,5-8,10-11H2,1-4H3/t12?,14-,15-,17-,18-,19+,20-,21-/m0/s1. The summed E-state index contributed by atoms with van der Waals surface area (Å²) in [5.74, 6) is 1.91. The van der Waals surface area contributed by atoms with Gasteiger partial charge in [-0.3, -0.25) is 4.79 Å². The predicted octanol–water partition coefficient (Wildman–Crippen LogP) is 3.75. The molecule has 3 fully saturated rings. The monoisotopic (exact) mass is 332 g/mol. The number of fused-ring (bicyclic) bond motifs is 5. The van der Waals surface area contributed by atoms with E-state index in [4.69, 9.17) is 4.74 Å². The molecule has 4 aliphatic rings. The van der Waals surface area contributed by atoms with Crippen molar-refractivity contribution in [2.24, 2.45) is 34.5 Å². The molecule has 3 heteroatoms. The van der Waals surface area contributed by atoms with Crippen molar-refractivity contribution in [2.45, 2.75) is 71.5 Å². The normalized spacial score (nSPS) is 53.9. The molecular formula is C21H32O3. The molecule has 0 aromatic carbocycles. The zero-order valence-corrected chi connectivity index (χ0v) is 15.5. The Labute approximate surface area is 145 Å². The molecule has 0 aromatic rings. The maximum atomic E-state index is 12.2. The molecule has 0 aliphatic heterocycles. The van der Waals surface area contributed by atoms with Crippen LogP contribution in [0.15, 0.2) is 11.6 Å². The highest BCUT2D eigenvalue weighted by Gasteiger charge is 2.62. The van der Waals surface area contributed by atoms with Gasteiger partial charge in [0.2, 0.25) is 0 Å². The van der Waals surface area contributed by atoms with Gasteiger partial charge in [0, 0.05) is 13.0 Å². The van der Waals surface area contributed by atoms with Crippen molar-refractivity contribution in [3.63, 3.8) is 0 Å². The Balaban J connectivity index is 1.73. The van der Waals surface area contributed by atoms with E-state index in [0.717, 1.165) is 32.1 Å². The van der Waals surface area contributed by atoms with Crippen molar-refractivity contribution in [1.29, 1.82) is 0 Å². The van der Waals surface area contributed by atoms with Crippen molar-refractivity contribution in [1.82, 2.24) is 0 Å². The van der Waals surface area contributed by atoms with E-state index in [1.165, 1.54) is 12.0 Å². The second-order valence-corrected chi connectivity index (χ2v) is 9.51. The Bertz CT molecular complexity index is 582. The van der Waals surface area contributed by atoms with Gasteiger partial charge < -0.3 is 9.84 Å². The van der Waals surface area contributed by atoms with E-state index >= 15 is 0 Å². The minimum atomic E-state index is -0.277. The summed E-state index contributed by atoms with van der Waals surface area (Å²) in [4.78, 5) is 12.2. The van der Waals surface area contributed by atoms with Crippen LogP contribution in [0.2, 0.25) is 0 Å². The summed E-state index contributed by atoms with van der Waals surface area (Å²) < 4.78 is 5.81. The smallest absolute Gasteiger partial charge is 0.158 e. The molecule has 8 atom stereocenters. The van der Waals surface area contributed by atoms with Crippen LogP contribution in [0.25, 0.3) is 0 Å². The molecule has 4 aliphatic carbocycles. The lowest BCUT2D eigenvalue weighted by Crippen LogP contribution is -2.57. The maximum absolute atomic E-state index is 12.2. The number of allylic oxidation sites excluding steroid dienone is 1. The maximum Gasteiger partial charge on any atom is 0.158 e. The zero-order valence-electron chi connectivity index (χ0n) is 15.5. The average molecular weight is 332 g/mol. The number of aliphatic hydroxyl groups excluding tert-OH is 1. The summed E-state index contributed by atoms with van der Waals surface area (Å²) >= 11 is 0. The van der Waals surface area contributed by atoms with Crippen LogP contribution in [0.3, 0.4) is 0 Å². The second-order valence-electron chi connectivity index (χ2n) is 9.51. The fourth-order valence-electron chi connectivity index (χ4n) is 7.37. The van der Waals surface area contributed by atoms with Gasteiger partial charge in [-0.1, -0.05) is 26.3 Å². The topological polar surface area (TPSA) is 46.5 Å². The minimum absolute atomic E-state index is 0.00213. The Morgan fingerprint density at radius 1 is 1.21 bits per heavy atom. The van der Waals surface area contributed by atoms with Gasteiger partial charge in [0.05, 0.1) is 12.2 Å². The lowest BCUT2D eigenvalue weighted by molar-refractivity contribution is -0.149. The number of ketones is 1. The van der Waals surface area contributed by atoms with Gasteiger partial charge in [-0.15, -0.1) is 0 Å². The largest absolute Gasteiger partial charge is 0.393 e. The molecule has 0 radical (unpaired) electrons. The molecule has 4 rings (SSSR count). The molecule has 134 valence electrons. The van der Waals surface area contributed by atoms with Crippen molar-refractivity contribution < 1.29 is 14.6 Å². The van der Waals surface area contributed by atoms with E-state index in [1.807, 2.05) is 13.2 Å². The van der Waals surface area contributed by atoms with E-state index in [2.05, 4.69) is 20.8 Å². The van der Waals surface area contributed by atoms with Gasteiger partial charge >= 0.3 is 0 Å². The summed E-state index contributed by atoms with van der Waals surface area (Å²) in [6.45, 7) is 6.73. The van der Waals surface area contributed by atoms with E-state index < -0.39 is 0 Å². The number of methoxy groups -OCH3 is 1. The Hall–Kier alpha value is -0.670. The van der Waals surface area contributed by atoms with Crippen LogP contribution in [-0.4, -0.2) is 30.2 Å². The first kappa shape index (κ1) is 16.8. The van der Waals surface area contributed by atoms with E-state index in [0.29, 0.717) is 17.8 Å². The summed E-state index contributed by atoms with van der Waals surface area (Å²) in [7, 11) is 1.83. The molecule has 0 heterocycles. The Morgan fingerprint density at radius 3 is 2.67 bits per heavy atom. The molecule has 1 unspecified atom stereocenters. The summed E-state index contributed by atoms with van der Waals surface area (Å²) in [5, 5.41) is 11.2. The number of aliphatic hydroxyl groups is 1. The molecule has 0 aromatic heterocycles. The van der Waals surface area contributed by atoms with Crippen molar-refractivity contribution in [2.75, 3.05) is 7.11 Å². The number of carbonyl (C=O) groups excluding carboxylic acids is 1. The van der Waals surface area contributed by atoms with Gasteiger partial charge in [0.25, 0.3) is 0 Å². The molecule has 3 saturated carbocycles. The molecule has 24 heavy (non-hydrogen) atoms. The van der Waals surface area contributed by atoms with Crippen molar-refractivity contribution in [3.8, 4) is 0 Å². The van der Waals surface area contributed by atoms with Crippen LogP contribution in [0.1, 0.15) is 59.3 Å². The summed E-state index contributed by atoms with van der Waals surface area (Å²) in [6.07, 6.45) is 8.21. The van der Waals surface area contributed by atoms with Crippen LogP contribution in [-0.2, 0) is 9.53 Å². The lowest BCUT2D eigenvalue weighted by atomic mass is 9.46. The van der Waals surface area contributed by atoms with Crippen LogP contribution in [0.4, 0.5) is 0 Å². The third-order valence-corrected chi connectivity index (χ3v) is 8.40. The van der Waals surface area contributed by atoms with E-state index in [9.17, 15) is 9.90 Å². The van der Waals surface area contributed by atoms with Crippen LogP contribution >= 0.6 is 0 Å². The summed E-state index contributed by atoms with van der Waals surface area (Å²) in [5.41, 5.74) is 1.43. The number of ether oxygens (including phenoxy) is 1. The highest BCUT2D eigenvalue weighted by Crippen LogP contribution is 2.65. The highest BCUT2D eigenvalue weighted by molar-refractivity contribution is 5.93. The molecule has 0 amide bonds. The number of hydrogen-bond donors (Lipinski definition) is 1. The SMILES string of the molecule is CO[C@H]1CC[C@H]2[C@@H]3CCC4=CC(=O)C(C)C[C@]4(C)[C@H]3[C@@H](O)C[C@]12C. The lowest BCUT2D eigenvalue weighted by Gasteiger charge is -2.60. The summed E-state index contributed by atoms with van der Waals surface area (Å²) in [6, 6.07) is 0. The van der Waals surface area contributed by atoms with E-state index in [-0.39, 0.29) is 34.7 Å². The molecule has 3 nitrogen and oxygen atoms in total. The Morgan fingerprint density at radius 2 is 1.96 bits per heavy atom. The molecule has 0 spiro atoms. The van der Waals surface area contributed by atoms with E-state index in [1.54, 1.807) is 0 Å². The first-order valence-corrected chi connectivity index (χ1v) is 9.77. The predicted molar refractivity (Wildman–Crippen MR) is 93.4 cm³/mol. The van der Waals surface area contributed by atoms with Gasteiger partial charge in [0.15, 0.2) is 5.78 Å². The molecular weight excluding hydrogens is 300 g/mol. The fraction of sp³-hybridized carbons (Fsp3) is 0.857. The molecule has 0 saturated heterocycles.